The molecule has 2 rings (SSSR count). The minimum atomic E-state index is -3.56. The van der Waals surface area contributed by atoms with Gasteiger partial charge in [-0.3, -0.25) is 0 Å². The predicted molar refractivity (Wildman–Crippen MR) is 91.6 cm³/mol. The Morgan fingerprint density at radius 3 is 2.75 bits per heavy atom. The summed E-state index contributed by atoms with van der Waals surface area (Å²) in [5.74, 6) is 0.825. The van der Waals surface area contributed by atoms with Crippen LogP contribution >= 0.6 is 43.6 Å². The number of hydrogen-bond acceptors (Lipinski definition) is 4. The first kappa shape index (κ1) is 16.6. The van der Waals surface area contributed by atoms with Gasteiger partial charge in [0.15, 0.2) is 0 Å². The molecule has 0 bridgehead atoms. The van der Waals surface area contributed by atoms with E-state index in [1.54, 1.807) is 16.4 Å². The highest BCUT2D eigenvalue weighted by Gasteiger charge is 2.32. The van der Waals surface area contributed by atoms with Crippen molar-refractivity contribution >= 4 is 59.3 Å². The maximum Gasteiger partial charge on any atom is 0.246 e. The van der Waals surface area contributed by atoms with E-state index in [1.165, 1.54) is 0 Å². The van der Waals surface area contributed by atoms with Crippen LogP contribution in [-0.2, 0) is 10.0 Å². The average molecular weight is 444 g/mol. The van der Waals surface area contributed by atoms with Crippen LogP contribution in [0.3, 0.4) is 0 Å². The number of thioether (sulfide) groups is 1. The van der Waals surface area contributed by atoms with Crippen LogP contribution in [0, 0.1) is 0 Å². The molecule has 0 amide bonds. The molecule has 1 unspecified atom stereocenters. The van der Waals surface area contributed by atoms with Gasteiger partial charge >= 0.3 is 0 Å². The number of sulfonamides is 1. The van der Waals surface area contributed by atoms with Crippen LogP contribution in [0.1, 0.15) is 13.3 Å². The van der Waals surface area contributed by atoms with Crippen molar-refractivity contribution in [3.05, 3.63) is 21.1 Å². The van der Waals surface area contributed by atoms with Crippen LogP contribution in [0.5, 0.6) is 0 Å². The third kappa shape index (κ3) is 3.35. The fourth-order valence-corrected chi connectivity index (χ4v) is 7.03. The number of nitrogens with two attached hydrogens (primary N) is 1. The Kier molecular flexibility index (Phi) is 5.45. The summed E-state index contributed by atoms with van der Waals surface area (Å²) in [5, 5.41) is 0.356. The summed E-state index contributed by atoms with van der Waals surface area (Å²) in [6, 6.07) is 3.33. The number of halogens is 2. The van der Waals surface area contributed by atoms with Crippen molar-refractivity contribution in [1.29, 1.82) is 0 Å². The molecule has 112 valence electrons. The molecule has 1 aliphatic heterocycles. The summed E-state index contributed by atoms with van der Waals surface area (Å²) in [6.45, 7) is 3.16. The lowest BCUT2D eigenvalue weighted by Gasteiger charge is -2.31. The molecule has 1 aromatic rings. The molecule has 1 heterocycles. The fourth-order valence-electron chi connectivity index (χ4n) is 2.14. The highest BCUT2D eigenvalue weighted by Crippen LogP contribution is 2.35. The second-order valence-corrected chi connectivity index (χ2v) is 9.62. The lowest BCUT2D eigenvalue weighted by molar-refractivity contribution is 0.416. The van der Waals surface area contributed by atoms with Crippen LogP contribution in [0.2, 0.25) is 0 Å². The van der Waals surface area contributed by atoms with Crippen molar-refractivity contribution in [1.82, 2.24) is 4.31 Å². The Bertz CT molecular complexity index is 584. The molecule has 0 aliphatic carbocycles. The summed E-state index contributed by atoms with van der Waals surface area (Å²) in [6.07, 6.45) is 0.966. The summed E-state index contributed by atoms with van der Waals surface area (Å²) in [7, 11) is -3.56. The van der Waals surface area contributed by atoms with Gasteiger partial charge in [-0.1, -0.05) is 22.9 Å². The Hall–Kier alpha value is 0.240. The van der Waals surface area contributed by atoms with E-state index in [0.717, 1.165) is 16.6 Å². The first-order valence-electron chi connectivity index (χ1n) is 6.22. The molecule has 0 spiro atoms. The Labute approximate surface area is 140 Å². The molecule has 0 aromatic heterocycles. The van der Waals surface area contributed by atoms with Gasteiger partial charge < -0.3 is 5.73 Å². The zero-order valence-corrected chi connectivity index (χ0v) is 15.8. The molecule has 0 radical (unpaired) electrons. The number of rotatable bonds is 3. The molecule has 8 heteroatoms. The third-order valence-corrected chi connectivity index (χ3v) is 7.89. The van der Waals surface area contributed by atoms with Gasteiger partial charge in [-0.25, -0.2) is 8.42 Å². The van der Waals surface area contributed by atoms with E-state index in [-0.39, 0.29) is 10.6 Å². The number of benzene rings is 1. The SMILES string of the molecule is CCC1CN(S(=O)(=O)c2c(N)cc(Br)cc2Br)CCS1. The fraction of sp³-hybridized carbons (Fsp3) is 0.500. The van der Waals surface area contributed by atoms with Gasteiger partial charge in [0.1, 0.15) is 4.90 Å². The summed E-state index contributed by atoms with van der Waals surface area (Å²) in [4.78, 5) is 0.169. The largest absolute Gasteiger partial charge is 0.398 e. The molecule has 1 saturated heterocycles. The topological polar surface area (TPSA) is 63.4 Å². The van der Waals surface area contributed by atoms with Crippen LogP contribution in [0.15, 0.2) is 26.0 Å². The van der Waals surface area contributed by atoms with Crippen LogP contribution < -0.4 is 5.73 Å². The van der Waals surface area contributed by atoms with E-state index in [2.05, 4.69) is 38.8 Å². The lowest BCUT2D eigenvalue weighted by Crippen LogP contribution is -2.42. The second-order valence-electron chi connectivity index (χ2n) is 4.57. The Balaban J connectivity index is 2.40. The maximum atomic E-state index is 12.8. The van der Waals surface area contributed by atoms with Gasteiger partial charge in [0.25, 0.3) is 0 Å². The average Bonchev–Trinajstić information content (AvgIpc) is 2.37. The normalized spacial score (nSPS) is 21.1. The molecule has 1 aliphatic rings. The monoisotopic (exact) mass is 442 g/mol. The lowest BCUT2D eigenvalue weighted by atomic mass is 10.3. The van der Waals surface area contributed by atoms with Crippen LogP contribution in [0.4, 0.5) is 5.69 Å². The van der Waals surface area contributed by atoms with Crippen molar-refractivity contribution in [3.8, 4) is 0 Å². The Morgan fingerprint density at radius 2 is 2.15 bits per heavy atom. The van der Waals surface area contributed by atoms with E-state index in [0.29, 0.717) is 22.8 Å². The van der Waals surface area contributed by atoms with Crippen LogP contribution in [0.25, 0.3) is 0 Å². The van der Waals surface area contributed by atoms with E-state index < -0.39 is 10.0 Å². The maximum absolute atomic E-state index is 12.8. The molecule has 1 atom stereocenters. The van der Waals surface area contributed by atoms with Crippen molar-refractivity contribution < 1.29 is 8.42 Å². The van der Waals surface area contributed by atoms with E-state index in [1.807, 2.05) is 11.8 Å². The van der Waals surface area contributed by atoms with E-state index in [9.17, 15) is 8.42 Å². The molecule has 2 N–H and O–H groups in total. The summed E-state index contributed by atoms with van der Waals surface area (Å²) in [5.41, 5.74) is 6.17. The van der Waals surface area contributed by atoms with Gasteiger partial charge in [0.05, 0.1) is 5.69 Å². The van der Waals surface area contributed by atoms with E-state index in [4.69, 9.17) is 5.73 Å². The zero-order valence-electron chi connectivity index (χ0n) is 11.0. The quantitative estimate of drug-likeness (QED) is 0.727. The zero-order chi connectivity index (χ0) is 14.9. The third-order valence-electron chi connectivity index (χ3n) is 3.19. The molecular weight excluding hydrogens is 428 g/mol. The first-order chi connectivity index (χ1) is 9.36. The van der Waals surface area contributed by atoms with Gasteiger partial charge in [0.2, 0.25) is 10.0 Å². The molecule has 1 aromatic carbocycles. The van der Waals surface area contributed by atoms with Crippen molar-refractivity contribution in [2.75, 3.05) is 24.6 Å². The summed E-state index contributed by atoms with van der Waals surface area (Å²) >= 11 is 8.45. The molecule has 4 nitrogen and oxygen atoms in total. The highest BCUT2D eigenvalue weighted by molar-refractivity contribution is 9.11. The standard InChI is InChI=1S/C12H16Br2N2O2S2/c1-2-9-7-16(3-4-19-9)20(17,18)12-10(14)5-8(13)6-11(12)15/h5-6,9H,2-4,7,15H2,1H3. The number of nitrogens with zero attached hydrogens (tertiary/aromatic N) is 1. The van der Waals surface area contributed by atoms with Crippen molar-refractivity contribution in [2.24, 2.45) is 0 Å². The van der Waals surface area contributed by atoms with Gasteiger partial charge in [-0.05, 0) is 34.5 Å². The molecule has 1 fully saturated rings. The highest BCUT2D eigenvalue weighted by atomic mass is 79.9. The van der Waals surface area contributed by atoms with Crippen LogP contribution in [-0.4, -0.2) is 36.8 Å². The molecular formula is C12H16Br2N2O2S2. The summed E-state index contributed by atoms with van der Waals surface area (Å²) < 4.78 is 28.4. The minimum Gasteiger partial charge on any atom is -0.398 e. The number of nitrogen functional groups attached to an aromatic ring is 1. The predicted octanol–water partition coefficient (Wildman–Crippen LogP) is 3.31. The van der Waals surface area contributed by atoms with Crippen molar-refractivity contribution in [2.45, 2.75) is 23.5 Å². The first-order valence-corrected chi connectivity index (χ1v) is 10.3. The molecule has 0 saturated carbocycles. The smallest absolute Gasteiger partial charge is 0.246 e. The second kappa shape index (κ2) is 6.56. The number of anilines is 1. The minimum absolute atomic E-state index is 0.169. The van der Waals surface area contributed by atoms with Gasteiger partial charge in [-0.15, -0.1) is 0 Å². The van der Waals surface area contributed by atoms with Gasteiger partial charge in [0, 0.05) is 33.0 Å². The van der Waals surface area contributed by atoms with Gasteiger partial charge in [-0.2, -0.15) is 16.1 Å². The molecule has 20 heavy (non-hydrogen) atoms. The number of hydrogen-bond donors (Lipinski definition) is 1. The Morgan fingerprint density at radius 1 is 1.45 bits per heavy atom. The van der Waals surface area contributed by atoms with E-state index >= 15 is 0 Å². The van der Waals surface area contributed by atoms with Crippen molar-refractivity contribution in [3.63, 3.8) is 0 Å².